The number of oxime groups is 1. The van der Waals surface area contributed by atoms with Gasteiger partial charge in [0.15, 0.2) is 5.71 Å². The first-order valence-corrected chi connectivity index (χ1v) is 7.88. The molecule has 0 bridgehead atoms. The summed E-state index contributed by atoms with van der Waals surface area (Å²) in [5.41, 5.74) is 2.79. The van der Waals surface area contributed by atoms with E-state index in [4.69, 9.17) is 9.57 Å². The van der Waals surface area contributed by atoms with Crippen molar-refractivity contribution in [3.05, 3.63) is 59.7 Å². The SMILES string of the molecule is CNC(=O)/C(=N\OC)c1ccccc1COc1cccc(N(C)C)c1. The molecule has 132 valence electrons. The van der Waals surface area contributed by atoms with E-state index in [1.54, 1.807) is 7.05 Å². The van der Waals surface area contributed by atoms with Gasteiger partial charge in [-0.1, -0.05) is 35.5 Å². The second-order valence-electron chi connectivity index (χ2n) is 5.54. The highest BCUT2D eigenvalue weighted by Crippen LogP contribution is 2.21. The van der Waals surface area contributed by atoms with Crippen molar-refractivity contribution in [2.45, 2.75) is 6.61 Å². The Morgan fingerprint density at radius 3 is 2.60 bits per heavy atom. The van der Waals surface area contributed by atoms with Crippen LogP contribution >= 0.6 is 0 Å². The second kappa shape index (κ2) is 8.73. The van der Waals surface area contributed by atoms with Crippen LogP contribution in [0.15, 0.2) is 53.7 Å². The van der Waals surface area contributed by atoms with Gasteiger partial charge in [-0.05, 0) is 17.7 Å². The number of anilines is 1. The van der Waals surface area contributed by atoms with Crippen LogP contribution in [0, 0.1) is 0 Å². The van der Waals surface area contributed by atoms with E-state index in [9.17, 15) is 4.79 Å². The standard InChI is InChI=1S/C19H23N3O3/c1-20-19(23)18(21-24-4)17-11-6-5-8-14(17)13-25-16-10-7-9-15(12-16)22(2)3/h5-12H,13H2,1-4H3,(H,20,23)/b21-18-. The summed E-state index contributed by atoms with van der Waals surface area (Å²) in [6.07, 6.45) is 0. The fourth-order valence-electron chi connectivity index (χ4n) is 2.31. The molecule has 2 aromatic rings. The van der Waals surface area contributed by atoms with Gasteiger partial charge in [-0.2, -0.15) is 0 Å². The van der Waals surface area contributed by atoms with Crippen LogP contribution in [0.3, 0.4) is 0 Å². The van der Waals surface area contributed by atoms with Crippen LogP contribution in [0.25, 0.3) is 0 Å². The maximum atomic E-state index is 12.1. The van der Waals surface area contributed by atoms with Gasteiger partial charge < -0.3 is 19.8 Å². The molecule has 0 atom stereocenters. The van der Waals surface area contributed by atoms with E-state index in [1.807, 2.05) is 67.5 Å². The molecule has 0 aliphatic heterocycles. The number of amides is 1. The number of nitrogens with one attached hydrogen (secondary N) is 1. The number of hydrogen-bond acceptors (Lipinski definition) is 5. The molecule has 6 nitrogen and oxygen atoms in total. The Balaban J connectivity index is 2.25. The third kappa shape index (κ3) is 4.73. The third-order valence-corrected chi connectivity index (χ3v) is 3.63. The van der Waals surface area contributed by atoms with Crippen LogP contribution < -0.4 is 15.0 Å². The van der Waals surface area contributed by atoms with E-state index in [1.165, 1.54) is 7.11 Å². The average molecular weight is 341 g/mol. The monoisotopic (exact) mass is 341 g/mol. The van der Waals surface area contributed by atoms with Crippen LogP contribution in [0.4, 0.5) is 5.69 Å². The van der Waals surface area contributed by atoms with Gasteiger partial charge >= 0.3 is 0 Å². The third-order valence-electron chi connectivity index (χ3n) is 3.63. The lowest BCUT2D eigenvalue weighted by atomic mass is 10.0. The van der Waals surface area contributed by atoms with Crippen molar-refractivity contribution >= 4 is 17.3 Å². The number of rotatable bonds is 7. The first-order valence-electron chi connectivity index (χ1n) is 7.88. The molecule has 0 spiro atoms. The van der Waals surface area contributed by atoms with E-state index in [2.05, 4.69) is 10.5 Å². The smallest absolute Gasteiger partial charge is 0.273 e. The summed E-state index contributed by atoms with van der Waals surface area (Å²) in [5.74, 6) is 0.440. The van der Waals surface area contributed by atoms with E-state index >= 15 is 0 Å². The van der Waals surface area contributed by atoms with Crippen molar-refractivity contribution in [2.75, 3.05) is 33.2 Å². The van der Waals surface area contributed by atoms with Gasteiger partial charge in [-0.15, -0.1) is 0 Å². The van der Waals surface area contributed by atoms with Crippen molar-refractivity contribution in [3.63, 3.8) is 0 Å². The van der Waals surface area contributed by atoms with Gasteiger partial charge in [-0.25, -0.2) is 0 Å². The van der Waals surface area contributed by atoms with E-state index < -0.39 is 0 Å². The van der Waals surface area contributed by atoms with E-state index in [-0.39, 0.29) is 11.6 Å². The van der Waals surface area contributed by atoms with Gasteiger partial charge in [0.1, 0.15) is 19.5 Å². The lowest BCUT2D eigenvalue weighted by Gasteiger charge is -2.15. The van der Waals surface area contributed by atoms with Crippen LogP contribution in [-0.4, -0.2) is 39.9 Å². The summed E-state index contributed by atoms with van der Waals surface area (Å²) in [6.45, 7) is 0.312. The highest BCUT2D eigenvalue weighted by Gasteiger charge is 2.17. The van der Waals surface area contributed by atoms with Crippen molar-refractivity contribution in [1.29, 1.82) is 0 Å². The molecule has 0 radical (unpaired) electrons. The zero-order chi connectivity index (χ0) is 18.2. The minimum absolute atomic E-state index is 0.214. The average Bonchev–Trinajstić information content (AvgIpc) is 2.64. The number of carbonyl (C=O) groups is 1. The Kier molecular flexibility index (Phi) is 6.39. The van der Waals surface area contributed by atoms with Crippen molar-refractivity contribution in [1.82, 2.24) is 5.32 Å². The summed E-state index contributed by atoms with van der Waals surface area (Å²) >= 11 is 0. The molecule has 0 fully saturated rings. The maximum absolute atomic E-state index is 12.1. The molecule has 1 amide bonds. The van der Waals surface area contributed by atoms with Crippen LogP contribution in [0.5, 0.6) is 5.75 Å². The Labute approximate surface area is 148 Å². The Bertz CT molecular complexity index is 757. The normalized spacial score (nSPS) is 11.0. The zero-order valence-electron chi connectivity index (χ0n) is 14.9. The quantitative estimate of drug-likeness (QED) is 0.621. The van der Waals surface area contributed by atoms with Crippen LogP contribution in [0.1, 0.15) is 11.1 Å². The summed E-state index contributed by atoms with van der Waals surface area (Å²) in [4.78, 5) is 18.9. The minimum atomic E-state index is -0.316. The highest BCUT2D eigenvalue weighted by molar-refractivity contribution is 6.45. The molecule has 0 aliphatic carbocycles. The molecule has 0 aromatic heterocycles. The molecule has 0 saturated carbocycles. The predicted molar refractivity (Wildman–Crippen MR) is 99.2 cm³/mol. The summed E-state index contributed by atoms with van der Waals surface area (Å²) in [5, 5.41) is 6.43. The molecule has 1 N–H and O–H groups in total. The molecule has 2 aromatic carbocycles. The molecule has 6 heteroatoms. The molecular formula is C19H23N3O3. The predicted octanol–water partition coefficient (Wildman–Crippen LogP) is 2.43. The second-order valence-corrected chi connectivity index (χ2v) is 5.54. The fourth-order valence-corrected chi connectivity index (χ4v) is 2.31. The largest absolute Gasteiger partial charge is 0.489 e. The number of benzene rings is 2. The topological polar surface area (TPSA) is 63.2 Å². The number of ether oxygens (including phenoxy) is 1. The molecule has 0 unspecified atom stereocenters. The minimum Gasteiger partial charge on any atom is -0.489 e. The zero-order valence-corrected chi connectivity index (χ0v) is 14.9. The molecule has 0 aliphatic rings. The Morgan fingerprint density at radius 2 is 1.92 bits per heavy atom. The van der Waals surface area contributed by atoms with Gasteiger partial charge in [0, 0.05) is 38.5 Å². The highest BCUT2D eigenvalue weighted by atomic mass is 16.6. The molecule has 2 rings (SSSR count). The molecule has 0 saturated heterocycles. The summed E-state index contributed by atoms with van der Waals surface area (Å²) in [7, 11) is 6.92. The Hall–Kier alpha value is -3.02. The van der Waals surface area contributed by atoms with Crippen molar-refractivity contribution < 1.29 is 14.4 Å². The lowest BCUT2D eigenvalue weighted by Crippen LogP contribution is -2.29. The first kappa shape index (κ1) is 18.3. The first-order chi connectivity index (χ1) is 12.1. The van der Waals surface area contributed by atoms with Gasteiger partial charge in [0.05, 0.1) is 0 Å². The molecular weight excluding hydrogens is 318 g/mol. The van der Waals surface area contributed by atoms with Crippen LogP contribution in [0.2, 0.25) is 0 Å². The molecule has 0 heterocycles. The number of carbonyl (C=O) groups excluding carboxylic acids is 1. The van der Waals surface area contributed by atoms with Crippen molar-refractivity contribution in [2.24, 2.45) is 5.16 Å². The van der Waals surface area contributed by atoms with E-state index in [0.29, 0.717) is 12.2 Å². The van der Waals surface area contributed by atoms with Crippen LogP contribution in [-0.2, 0) is 16.2 Å². The number of nitrogens with zero attached hydrogens (tertiary/aromatic N) is 2. The number of likely N-dealkylation sites (N-methyl/N-ethyl adjacent to an activating group) is 1. The number of hydrogen-bond donors (Lipinski definition) is 1. The van der Waals surface area contributed by atoms with Crippen molar-refractivity contribution in [3.8, 4) is 5.75 Å². The maximum Gasteiger partial charge on any atom is 0.273 e. The van der Waals surface area contributed by atoms with Gasteiger partial charge in [0.25, 0.3) is 5.91 Å². The van der Waals surface area contributed by atoms with Gasteiger partial charge in [0.2, 0.25) is 0 Å². The fraction of sp³-hybridized carbons (Fsp3) is 0.263. The van der Waals surface area contributed by atoms with Gasteiger partial charge in [-0.3, -0.25) is 4.79 Å². The summed E-state index contributed by atoms with van der Waals surface area (Å²) < 4.78 is 5.91. The Morgan fingerprint density at radius 1 is 1.16 bits per heavy atom. The molecule has 25 heavy (non-hydrogen) atoms. The lowest BCUT2D eigenvalue weighted by molar-refractivity contribution is -0.114. The van der Waals surface area contributed by atoms with E-state index in [0.717, 1.165) is 17.0 Å². The summed E-state index contributed by atoms with van der Waals surface area (Å²) in [6, 6.07) is 15.3.